The van der Waals surface area contributed by atoms with Crippen molar-refractivity contribution in [2.24, 2.45) is 18.9 Å². The van der Waals surface area contributed by atoms with Crippen LogP contribution >= 0.6 is 15.9 Å². The van der Waals surface area contributed by atoms with Crippen molar-refractivity contribution in [3.05, 3.63) is 46.5 Å². The van der Waals surface area contributed by atoms with Gasteiger partial charge in [0, 0.05) is 31.2 Å². The zero-order valence-electron chi connectivity index (χ0n) is 12.4. The number of aryl methyl sites for hydroxylation is 1. The SMILES string of the molecule is COCC1CC(C(c2cccc(Br)c2)c2nncn2C)C1. The van der Waals surface area contributed by atoms with Gasteiger partial charge in [-0.3, -0.25) is 0 Å². The van der Waals surface area contributed by atoms with Crippen molar-refractivity contribution < 1.29 is 4.74 Å². The molecule has 1 aliphatic carbocycles. The molecule has 0 N–H and O–H groups in total. The first-order valence-corrected chi connectivity index (χ1v) is 8.06. The molecule has 0 spiro atoms. The molecule has 0 aliphatic heterocycles. The van der Waals surface area contributed by atoms with Crippen LogP contribution in [0.5, 0.6) is 0 Å². The van der Waals surface area contributed by atoms with Crippen LogP contribution in [0, 0.1) is 11.8 Å². The molecule has 1 heterocycles. The maximum absolute atomic E-state index is 5.27. The van der Waals surface area contributed by atoms with Gasteiger partial charge >= 0.3 is 0 Å². The van der Waals surface area contributed by atoms with Gasteiger partial charge in [-0.25, -0.2) is 0 Å². The zero-order chi connectivity index (χ0) is 14.8. The van der Waals surface area contributed by atoms with E-state index in [1.807, 2.05) is 11.6 Å². The summed E-state index contributed by atoms with van der Waals surface area (Å²) < 4.78 is 8.42. The van der Waals surface area contributed by atoms with Crippen LogP contribution in [0.4, 0.5) is 0 Å². The van der Waals surface area contributed by atoms with E-state index >= 15 is 0 Å². The van der Waals surface area contributed by atoms with Crippen molar-refractivity contribution in [1.29, 1.82) is 0 Å². The minimum Gasteiger partial charge on any atom is -0.384 e. The third-order valence-corrected chi connectivity index (χ3v) is 4.87. The minimum atomic E-state index is 0.308. The van der Waals surface area contributed by atoms with E-state index in [0.717, 1.165) is 16.9 Å². The molecule has 4 nitrogen and oxygen atoms in total. The summed E-state index contributed by atoms with van der Waals surface area (Å²) in [6.45, 7) is 0.862. The van der Waals surface area contributed by atoms with Gasteiger partial charge in [-0.1, -0.05) is 28.1 Å². The Kier molecular flexibility index (Phi) is 4.40. The third kappa shape index (κ3) is 3.04. The van der Waals surface area contributed by atoms with Crippen molar-refractivity contribution in [2.75, 3.05) is 13.7 Å². The first-order chi connectivity index (χ1) is 10.2. The van der Waals surface area contributed by atoms with Gasteiger partial charge in [-0.15, -0.1) is 10.2 Å². The lowest BCUT2D eigenvalue weighted by atomic mass is 9.66. The first kappa shape index (κ1) is 14.7. The van der Waals surface area contributed by atoms with Crippen LogP contribution in [-0.2, 0) is 11.8 Å². The molecule has 3 rings (SSSR count). The normalized spacial score (nSPS) is 22.8. The van der Waals surface area contributed by atoms with Crippen LogP contribution in [0.2, 0.25) is 0 Å². The molecule has 1 aliphatic rings. The quantitative estimate of drug-likeness (QED) is 0.830. The molecule has 0 saturated heterocycles. The number of nitrogens with zero attached hydrogens (tertiary/aromatic N) is 3. The van der Waals surface area contributed by atoms with E-state index in [-0.39, 0.29) is 0 Å². The molecular weight excluding hydrogens is 330 g/mol. The van der Waals surface area contributed by atoms with E-state index in [4.69, 9.17) is 4.74 Å². The smallest absolute Gasteiger partial charge is 0.140 e. The fourth-order valence-corrected chi connectivity index (χ4v) is 3.75. The molecule has 0 bridgehead atoms. The van der Waals surface area contributed by atoms with Gasteiger partial charge in [-0.2, -0.15) is 0 Å². The topological polar surface area (TPSA) is 39.9 Å². The monoisotopic (exact) mass is 349 g/mol. The van der Waals surface area contributed by atoms with Gasteiger partial charge in [0.1, 0.15) is 12.2 Å². The molecule has 21 heavy (non-hydrogen) atoms. The van der Waals surface area contributed by atoms with Gasteiger partial charge < -0.3 is 9.30 Å². The van der Waals surface area contributed by atoms with Crippen molar-refractivity contribution in [1.82, 2.24) is 14.8 Å². The average molecular weight is 350 g/mol. The summed E-state index contributed by atoms with van der Waals surface area (Å²) in [4.78, 5) is 0. The summed E-state index contributed by atoms with van der Waals surface area (Å²) in [5.41, 5.74) is 1.31. The lowest BCUT2D eigenvalue weighted by Gasteiger charge is -2.40. The fourth-order valence-electron chi connectivity index (χ4n) is 3.34. The Morgan fingerprint density at radius 2 is 2.24 bits per heavy atom. The Balaban J connectivity index is 1.88. The van der Waals surface area contributed by atoms with E-state index in [9.17, 15) is 0 Å². The maximum Gasteiger partial charge on any atom is 0.140 e. The number of rotatable bonds is 5. The lowest BCUT2D eigenvalue weighted by Crippen LogP contribution is -2.33. The Morgan fingerprint density at radius 1 is 1.43 bits per heavy atom. The third-order valence-electron chi connectivity index (χ3n) is 4.38. The highest BCUT2D eigenvalue weighted by atomic mass is 79.9. The standard InChI is InChI=1S/C16H20BrN3O/c1-20-10-18-19-16(20)15(12-4-3-5-14(17)8-12)13-6-11(7-13)9-21-2/h3-5,8,10-11,13,15H,6-7,9H2,1-2H3. The molecule has 1 fully saturated rings. The van der Waals surface area contributed by atoms with Crippen molar-refractivity contribution in [2.45, 2.75) is 18.8 Å². The number of methoxy groups -OCH3 is 1. The number of hydrogen-bond donors (Lipinski definition) is 0. The van der Waals surface area contributed by atoms with E-state index in [1.54, 1.807) is 13.4 Å². The number of benzene rings is 1. The molecule has 0 amide bonds. The van der Waals surface area contributed by atoms with Gasteiger partial charge in [0.15, 0.2) is 0 Å². The van der Waals surface area contributed by atoms with Gasteiger partial charge in [-0.05, 0) is 42.4 Å². The fraction of sp³-hybridized carbons (Fsp3) is 0.500. The Morgan fingerprint density at radius 3 is 2.86 bits per heavy atom. The summed E-state index contributed by atoms with van der Waals surface area (Å²) in [6.07, 6.45) is 4.17. The summed E-state index contributed by atoms with van der Waals surface area (Å²) >= 11 is 3.58. The van der Waals surface area contributed by atoms with Crippen molar-refractivity contribution >= 4 is 15.9 Å². The van der Waals surface area contributed by atoms with Crippen LogP contribution in [0.3, 0.4) is 0 Å². The van der Waals surface area contributed by atoms with E-state index < -0.39 is 0 Å². The van der Waals surface area contributed by atoms with Crippen LogP contribution < -0.4 is 0 Å². The molecule has 0 radical (unpaired) electrons. The van der Waals surface area contributed by atoms with E-state index in [0.29, 0.717) is 17.8 Å². The zero-order valence-corrected chi connectivity index (χ0v) is 14.0. The first-order valence-electron chi connectivity index (χ1n) is 7.27. The molecule has 2 aromatic rings. The minimum absolute atomic E-state index is 0.308. The summed E-state index contributed by atoms with van der Waals surface area (Å²) in [5.74, 6) is 2.65. The van der Waals surface area contributed by atoms with Crippen LogP contribution in [0.15, 0.2) is 35.1 Å². The second-order valence-electron chi connectivity index (χ2n) is 5.89. The van der Waals surface area contributed by atoms with Crippen molar-refractivity contribution in [3.63, 3.8) is 0 Å². The Hall–Kier alpha value is -1.20. The molecule has 1 saturated carbocycles. The molecule has 1 aromatic heterocycles. The molecule has 1 atom stereocenters. The predicted molar refractivity (Wildman–Crippen MR) is 85.1 cm³/mol. The average Bonchev–Trinajstić information content (AvgIpc) is 2.83. The molecule has 5 heteroatoms. The lowest BCUT2D eigenvalue weighted by molar-refractivity contribution is 0.0656. The predicted octanol–water partition coefficient (Wildman–Crippen LogP) is 3.38. The second-order valence-corrected chi connectivity index (χ2v) is 6.80. The highest BCUT2D eigenvalue weighted by Gasteiger charge is 2.38. The Labute approximate surface area is 133 Å². The van der Waals surface area contributed by atoms with E-state index in [1.165, 1.54) is 18.4 Å². The van der Waals surface area contributed by atoms with Crippen LogP contribution in [0.1, 0.15) is 30.1 Å². The molecule has 112 valence electrons. The summed E-state index contributed by atoms with van der Waals surface area (Å²) in [5, 5.41) is 8.43. The number of ether oxygens (including phenoxy) is 1. The largest absolute Gasteiger partial charge is 0.384 e. The molecule has 1 aromatic carbocycles. The molecular formula is C16H20BrN3O. The van der Waals surface area contributed by atoms with Crippen LogP contribution in [-0.4, -0.2) is 28.5 Å². The Bertz CT molecular complexity index is 607. The highest BCUT2D eigenvalue weighted by Crippen LogP contribution is 2.46. The maximum atomic E-state index is 5.27. The number of aromatic nitrogens is 3. The molecule has 1 unspecified atom stereocenters. The summed E-state index contributed by atoms with van der Waals surface area (Å²) in [6, 6.07) is 8.54. The summed E-state index contributed by atoms with van der Waals surface area (Å²) in [7, 11) is 3.80. The van der Waals surface area contributed by atoms with Gasteiger partial charge in [0.25, 0.3) is 0 Å². The van der Waals surface area contributed by atoms with Gasteiger partial charge in [0.05, 0.1) is 0 Å². The second kappa shape index (κ2) is 6.28. The highest BCUT2D eigenvalue weighted by molar-refractivity contribution is 9.10. The number of halogens is 1. The van der Waals surface area contributed by atoms with Gasteiger partial charge in [0.2, 0.25) is 0 Å². The van der Waals surface area contributed by atoms with E-state index in [2.05, 4.69) is 50.4 Å². The van der Waals surface area contributed by atoms with Crippen LogP contribution in [0.25, 0.3) is 0 Å². The van der Waals surface area contributed by atoms with Crippen molar-refractivity contribution in [3.8, 4) is 0 Å². The number of hydrogen-bond acceptors (Lipinski definition) is 3.